The van der Waals surface area contributed by atoms with Crippen molar-refractivity contribution in [2.24, 2.45) is 5.41 Å². The molecule has 0 bridgehead atoms. The highest BCUT2D eigenvalue weighted by Gasteiger charge is 2.47. The molecule has 11 heavy (non-hydrogen) atoms. The van der Waals surface area contributed by atoms with Crippen LogP contribution in [0.5, 0.6) is 0 Å². The van der Waals surface area contributed by atoms with Gasteiger partial charge in [-0.05, 0) is 20.8 Å². The zero-order chi connectivity index (χ0) is 9.12. The van der Waals surface area contributed by atoms with Gasteiger partial charge in [0, 0.05) is 6.61 Å². The van der Waals surface area contributed by atoms with E-state index in [-0.39, 0.29) is 6.61 Å². The third-order valence-electron chi connectivity index (χ3n) is 1.43. The second kappa shape index (κ2) is 3.43. The second-order valence-corrected chi connectivity index (χ2v) is 3.02. The minimum absolute atomic E-state index is 0.271. The van der Waals surface area contributed by atoms with Crippen LogP contribution in [0, 0.1) is 5.41 Å². The van der Waals surface area contributed by atoms with Gasteiger partial charge in [-0.1, -0.05) is 0 Å². The molecule has 0 aliphatic heterocycles. The first-order valence-electron chi connectivity index (χ1n) is 3.45. The number of hydrogen-bond acceptors (Lipinski definition) is 1. The minimum atomic E-state index is -4.18. The van der Waals surface area contributed by atoms with Gasteiger partial charge in [-0.3, -0.25) is 0 Å². The van der Waals surface area contributed by atoms with E-state index in [0.717, 1.165) is 13.8 Å². The van der Waals surface area contributed by atoms with Crippen LogP contribution in [0.1, 0.15) is 20.8 Å². The van der Waals surface area contributed by atoms with Gasteiger partial charge in [0.15, 0.2) is 0 Å². The first kappa shape index (κ1) is 10.8. The fraction of sp³-hybridized carbons (Fsp3) is 1.00. The average Bonchev–Trinajstić information content (AvgIpc) is 1.81. The van der Waals surface area contributed by atoms with E-state index in [9.17, 15) is 13.2 Å². The van der Waals surface area contributed by atoms with Gasteiger partial charge in [0.25, 0.3) is 0 Å². The smallest absolute Gasteiger partial charge is 0.381 e. The van der Waals surface area contributed by atoms with Gasteiger partial charge >= 0.3 is 6.18 Å². The van der Waals surface area contributed by atoms with Gasteiger partial charge in [-0.2, -0.15) is 13.2 Å². The Balaban J connectivity index is 4.00. The minimum Gasteiger partial charge on any atom is -0.381 e. The predicted molar refractivity (Wildman–Crippen MR) is 36.3 cm³/mol. The third-order valence-corrected chi connectivity index (χ3v) is 1.43. The molecule has 1 nitrogen and oxygen atoms in total. The van der Waals surface area contributed by atoms with Crippen LogP contribution >= 0.6 is 0 Å². The summed E-state index contributed by atoms with van der Waals surface area (Å²) < 4.78 is 40.9. The van der Waals surface area contributed by atoms with Crippen LogP contribution in [0.3, 0.4) is 0 Å². The molecule has 0 saturated heterocycles. The first-order valence-corrected chi connectivity index (χ1v) is 3.45. The van der Waals surface area contributed by atoms with Crippen LogP contribution in [0.25, 0.3) is 0 Å². The summed E-state index contributed by atoms with van der Waals surface area (Å²) in [5, 5.41) is 0. The van der Waals surface area contributed by atoms with E-state index < -0.39 is 11.6 Å². The molecule has 0 aliphatic rings. The van der Waals surface area contributed by atoms with Crippen LogP contribution in [-0.2, 0) is 4.74 Å². The van der Waals surface area contributed by atoms with E-state index in [2.05, 4.69) is 0 Å². The third kappa shape index (κ3) is 3.10. The highest BCUT2D eigenvalue weighted by molar-refractivity contribution is 4.76. The van der Waals surface area contributed by atoms with E-state index in [0.29, 0.717) is 6.61 Å². The van der Waals surface area contributed by atoms with Crippen LogP contribution in [0.15, 0.2) is 0 Å². The van der Waals surface area contributed by atoms with E-state index in [4.69, 9.17) is 4.74 Å². The van der Waals surface area contributed by atoms with Crippen molar-refractivity contribution < 1.29 is 17.9 Å². The summed E-state index contributed by atoms with van der Waals surface area (Å²) in [6.07, 6.45) is -4.18. The average molecular weight is 170 g/mol. The Hall–Kier alpha value is -0.250. The topological polar surface area (TPSA) is 9.23 Å². The van der Waals surface area contributed by atoms with Crippen LogP contribution < -0.4 is 0 Å². The SMILES string of the molecule is CCOCC(C)(C)C(F)(F)F. The maximum atomic E-state index is 12.1. The predicted octanol–water partition coefficient (Wildman–Crippen LogP) is 2.61. The van der Waals surface area contributed by atoms with Gasteiger partial charge in [0.2, 0.25) is 0 Å². The molecule has 0 fully saturated rings. The van der Waals surface area contributed by atoms with Gasteiger partial charge in [-0.25, -0.2) is 0 Å². The van der Waals surface area contributed by atoms with Crippen molar-refractivity contribution >= 4 is 0 Å². The molecule has 0 saturated carbocycles. The summed E-state index contributed by atoms with van der Waals surface area (Å²) in [6, 6.07) is 0. The number of ether oxygens (including phenoxy) is 1. The molecule has 0 aromatic heterocycles. The summed E-state index contributed by atoms with van der Waals surface area (Å²) in [4.78, 5) is 0. The summed E-state index contributed by atoms with van der Waals surface area (Å²) in [5.74, 6) is 0. The maximum absolute atomic E-state index is 12.1. The zero-order valence-electron chi connectivity index (χ0n) is 6.96. The quantitative estimate of drug-likeness (QED) is 0.632. The highest BCUT2D eigenvalue weighted by Crippen LogP contribution is 2.37. The lowest BCUT2D eigenvalue weighted by Crippen LogP contribution is -2.36. The normalized spacial score (nSPS) is 13.6. The van der Waals surface area contributed by atoms with Crippen molar-refractivity contribution in [2.75, 3.05) is 13.2 Å². The van der Waals surface area contributed by atoms with Gasteiger partial charge in [0.1, 0.15) is 0 Å². The van der Waals surface area contributed by atoms with Crippen molar-refractivity contribution in [3.05, 3.63) is 0 Å². The lowest BCUT2D eigenvalue weighted by Gasteiger charge is -2.26. The molecule has 0 aromatic carbocycles. The molecule has 0 N–H and O–H groups in total. The number of rotatable bonds is 3. The van der Waals surface area contributed by atoms with Crippen molar-refractivity contribution in [3.8, 4) is 0 Å². The Kier molecular flexibility index (Phi) is 3.35. The van der Waals surface area contributed by atoms with Gasteiger partial charge in [0.05, 0.1) is 12.0 Å². The Labute approximate surface area is 64.5 Å². The number of hydrogen-bond donors (Lipinski definition) is 0. The summed E-state index contributed by atoms with van der Waals surface area (Å²) >= 11 is 0. The lowest BCUT2D eigenvalue weighted by molar-refractivity contribution is -0.226. The Morgan fingerprint density at radius 2 is 1.64 bits per heavy atom. The molecule has 0 aromatic rings. The first-order chi connectivity index (χ1) is 4.81. The molecular weight excluding hydrogens is 157 g/mol. The largest absolute Gasteiger partial charge is 0.396 e. The molecule has 0 rings (SSSR count). The van der Waals surface area contributed by atoms with E-state index in [1.165, 1.54) is 0 Å². The fourth-order valence-corrected chi connectivity index (χ4v) is 0.439. The second-order valence-electron chi connectivity index (χ2n) is 3.02. The van der Waals surface area contributed by atoms with Crippen LogP contribution in [0.4, 0.5) is 13.2 Å². The van der Waals surface area contributed by atoms with Gasteiger partial charge < -0.3 is 4.74 Å². The Morgan fingerprint density at radius 1 is 1.18 bits per heavy atom. The lowest BCUT2D eigenvalue weighted by atomic mass is 9.94. The molecule has 0 atom stereocenters. The molecule has 0 aliphatic carbocycles. The Morgan fingerprint density at radius 3 is 1.91 bits per heavy atom. The summed E-state index contributed by atoms with van der Waals surface area (Å²) in [7, 11) is 0. The zero-order valence-corrected chi connectivity index (χ0v) is 6.96. The number of halogens is 3. The molecule has 0 amide bonds. The summed E-state index contributed by atoms with van der Waals surface area (Å²) in [5.41, 5.74) is -1.73. The monoisotopic (exact) mass is 170 g/mol. The van der Waals surface area contributed by atoms with Crippen molar-refractivity contribution in [2.45, 2.75) is 26.9 Å². The van der Waals surface area contributed by atoms with Crippen LogP contribution in [0.2, 0.25) is 0 Å². The van der Waals surface area contributed by atoms with Crippen molar-refractivity contribution in [1.29, 1.82) is 0 Å². The van der Waals surface area contributed by atoms with E-state index in [1.807, 2.05) is 0 Å². The van der Waals surface area contributed by atoms with E-state index >= 15 is 0 Å². The molecule has 0 spiro atoms. The van der Waals surface area contributed by atoms with Gasteiger partial charge in [-0.15, -0.1) is 0 Å². The van der Waals surface area contributed by atoms with Crippen molar-refractivity contribution in [1.82, 2.24) is 0 Å². The van der Waals surface area contributed by atoms with Crippen LogP contribution in [-0.4, -0.2) is 19.4 Å². The number of alkyl halides is 3. The van der Waals surface area contributed by atoms with E-state index in [1.54, 1.807) is 6.92 Å². The summed E-state index contributed by atoms with van der Waals surface area (Å²) in [6.45, 7) is 3.98. The molecule has 4 heteroatoms. The maximum Gasteiger partial charge on any atom is 0.396 e. The molecular formula is C7H13F3O. The molecule has 0 unspecified atom stereocenters. The van der Waals surface area contributed by atoms with Crippen molar-refractivity contribution in [3.63, 3.8) is 0 Å². The molecule has 0 radical (unpaired) electrons. The standard InChI is InChI=1S/C7H13F3O/c1-4-11-5-6(2,3)7(8,9)10/h4-5H2,1-3H3. The molecule has 68 valence electrons. The Bertz CT molecular complexity index is 117. The highest BCUT2D eigenvalue weighted by atomic mass is 19.4. The molecule has 0 heterocycles. The fourth-order valence-electron chi connectivity index (χ4n) is 0.439.